The quantitative estimate of drug-likeness (QED) is 0.615. The second kappa shape index (κ2) is 10.2. The second-order valence-electron chi connectivity index (χ2n) is 6.84. The Hall–Kier alpha value is -2.73. The van der Waals surface area contributed by atoms with Crippen molar-refractivity contribution in [2.45, 2.75) is 18.4 Å². The van der Waals surface area contributed by atoms with Gasteiger partial charge in [-0.15, -0.1) is 6.58 Å². The van der Waals surface area contributed by atoms with Crippen LogP contribution in [0.4, 0.5) is 4.79 Å². The number of alkyl carbamates (subject to hydrolysis) is 1. The first-order chi connectivity index (χ1) is 14.2. The van der Waals surface area contributed by atoms with Gasteiger partial charge in [0.1, 0.15) is 12.6 Å². The van der Waals surface area contributed by atoms with Gasteiger partial charge in [-0.1, -0.05) is 54.6 Å². The highest BCUT2D eigenvalue weighted by molar-refractivity contribution is 7.98. The van der Waals surface area contributed by atoms with Crippen molar-refractivity contribution in [3.8, 4) is 11.1 Å². The zero-order chi connectivity index (χ0) is 20.6. The van der Waals surface area contributed by atoms with Crippen molar-refractivity contribution >= 4 is 23.8 Å². The van der Waals surface area contributed by atoms with Crippen LogP contribution in [0.5, 0.6) is 0 Å². The van der Waals surface area contributed by atoms with Crippen LogP contribution in [-0.4, -0.2) is 43.2 Å². The van der Waals surface area contributed by atoms with Crippen LogP contribution >= 0.6 is 11.8 Å². The molecule has 2 aromatic carbocycles. The van der Waals surface area contributed by atoms with Gasteiger partial charge >= 0.3 is 6.09 Å². The van der Waals surface area contributed by atoms with Crippen LogP contribution in [0.15, 0.2) is 61.2 Å². The Labute approximate surface area is 175 Å². The minimum absolute atomic E-state index is 0.00705. The third-order valence-corrected chi connectivity index (χ3v) is 5.63. The highest BCUT2D eigenvalue weighted by Crippen LogP contribution is 2.44. The third-order valence-electron chi connectivity index (χ3n) is 4.98. The van der Waals surface area contributed by atoms with Crippen molar-refractivity contribution in [3.05, 3.63) is 72.3 Å². The Morgan fingerprint density at radius 3 is 2.34 bits per heavy atom. The molecule has 0 heterocycles. The van der Waals surface area contributed by atoms with E-state index in [1.807, 2.05) is 30.5 Å². The van der Waals surface area contributed by atoms with E-state index < -0.39 is 12.1 Å². The smallest absolute Gasteiger partial charge is 0.407 e. The van der Waals surface area contributed by atoms with E-state index in [0.29, 0.717) is 13.0 Å². The maximum absolute atomic E-state index is 12.4. The summed E-state index contributed by atoms with van der Waals surface area (Å²) >= 11 is 1.62. The number of carbonyl (C=O) groups is 2. The molecule has 0 bridgehead atoms. The van der Waals surface area contributed by atoms with E-state index in [-0.39, 0.29) is 18.4 Å². The van der Waals surface area contributed by atoms with Crippen LogP contribution in [0.1, 0.15) is 23.5 Å². The zero-order valence-electron chi connectivity index (χ0n) is 16.5. The molecule has 2 N–H and O–H groups in total. The second-order valence-corrected chi connectivity index (χ2v) is 7.82. The average Bonchev–Trinajstić information content (AvgIpc) is 3.07. The molecule has 0 aliphatic heterocycles. The summed E-state index contributed by atoms with van der Waals surface area (Å²) in [4.78, 5) is 24.7. The summed E-state index contributed by atoms with van der Waals surface area (Å²) in [7, 11) is 0. The molecule has 152 valence electrons. The number of carbonyl (C=O) groups excluding carboxylic acids is 2. The standard InChI is InChI=1S/C23H26N2O3S/c1-3-13-24-22(26)21(12-14-29-2)25-23(27)28-15-20-18-10-6-4-8-16(18)17-9-5-7-11-19(17)20/h3-11,20-21H,1,12-15H2,2H3,(H,24,26)(H,25,27)/t21-/m0/s1. The lowest BCUT2D eigenvalue weighted by molar-refractivity contribution is -0.122. The van der Waals surface area contributed by atoms with Crippen LogP contribution < -0.4 is 10.6 Å². The molecule has 0 radical (unpaired) electrons. The zero-order valence-corrected chi connectivity index (χ0v) is 17.3. The molecule has 0 aromatic heterocycles. The van der Waals surface area contributed by atoms with E-state index >= 15 is 0 Å². The third kappa shape index (κ3) is 5.01. The van der Waals surface area contributed by atoms with Crippen LogP contribution in [0.25, 0.3) is 11.1 Å². The number of hydrogen-bond donors (Lipinski definition) is 2. The van der Waals surface area contributed by atoms with Gasteiger partial charge in [0.2, 0.25) is 5.91 Å². The van der Waals surface area contributed by atoms with Crippen LogP contribution in [0.2, 0.25) is 0 Å². The first kappa shape index (κ1) is 21.0. The molecule has 3 rings (SSSR count). The lowest BCUT2D eigenvalue weighted by Gasteiger charge is -2.19. The lowest BCUT2D eigenvalue weighted by atomic mass is 9.98. The van der Waals surface area contributed by atoms with Gasteiger partial charge in [-0.25, -0.2) is 4.79 Å². The number of thioether (sulfide) groups is 1. The summed E-state index contributed by atoms with van der Waals surface area (Å²) < 4.78 is 5.55. The minimum Gasteiger partial charge on any atom is -0.449 e. The predicted molar refractivity (Wildman–Crippen MR) is 118 cm³/mol. The van der Waals surface area contributed by atoms with Gasteiger partial charge < -0.3 is 15.4 Å². The first-order valence-corrected chi connectivity index (χ1v) is 11.0. The molecule has 5 nitrogen and oxygen atoms in total. The van der Waals surface area contributed by atoms with Gasteiger partial charge in [0.05, 0.1) is 0 Å². The van der Waals surface area contributed by atoms with Crippen molar-refractivity contribution < 1.29 is 14.3 Å². The molecule has 6 heteroatoms. The van der Waals surface area contributed by atoms with Gasteiger partial charge in [-0.2, -0.15) is 11.8 Å². The number of nitrogens with one attached hydrogen (secondary N) is 2. The Morgan fingerprint density at radius 1 is 1.14 bits per heavy atom. The molecule has 2 aromatic rings. The Morgan fingerprint density at radius 2 is 1.76 bits per heavy atom. The molecular weight excluding hydrogens is 384 g/mol. The van der Waals surface area contributed by atoms with Gasteiger partial charge in [-0.3, -0.25) is 4.79 Å². The molecule has 0 fully saturated rings. The molecule has 0 saturated carbocycles. The summed E-state index contributed by atoms with van der Waals surface area (Å²) in [5, 5.41) is 5.44. The maximum atomic E-state index is 12.4. The highest BCUT2D eigenvalue weighted by atomic mass is 32.2. The fourth-order valence-corrected chi connectivity index (χ4v) is 4.05. The van der Waals surface area contributed by atoms with E-state index in [2.05, 4.69) is 41.5 Å². The maximum Gasteiger partial charge on any atom is 0.407 e. The Balaban J connectivity index is 1.65. The summed E-state index contributed by atoms with van der Waals surface area (Å²) in [6.07, 6.45) is 3.53. The van der Waals surface area contributed by atoms with Crippen LogP contribution in [0.3, 0.4) is 0 Å². The monoisotopic (exact) mass is 410 g/mol. The van der Waals surface area contributed by atoms with Gasteiger partial charge in [0.25, 0.3) is 0 Å². The van der Waals surface area contributed by atoms with Crippen molar-refractivity contribution in [3.63, 3.8) is 0 Å². The summed E-state index contributed by atoms with van der Waals surface area (Å²) in [5.74, 6) is 0.524. The van der Waals surface area contributed by atoms with Crippen molar-refractivity contribution in [1.29, 1.82) is 0 Å². The number of rotatable bonds is 9. The normalized spacial score (nSPS) is 13.1. The summed E-state index contributed by atoms with van der Waals surface area (Å²) in [5.41, 5.74) is 4.67. The SMILES string of the molecule is C=CCNC(=O)[C@H](CCSC)NC(=O)OCC1c2ccccc2-c2ccccc21. The van der Waals surface area contributed by atoms with E-state index in [1.165, 1.54) is 11.1 Å². The van der Waals surface area contributed by atoms with Crippen LogP contribution in [-0.2, 0) is 9.53 Å². The minimum atomic E-state index is -0.627. The molecule has 1 aliphatic carbocycles. The van der Waals surface area contributed by atoms with Crippen LogP contribution in [0, 0.1) is 0 Å². The molecule has 1 aliphatic rings. The molecule has 0 saturated heterocycles. The molecule has 29 heavy (non-hydrogen) atoms. The topological polar surface area (TPSA) is 67.4 Å². The Kier molecular flexibility index (Phi) is 7.36. The molecule has 0 unspecified atom stereocenters. The largest absolute Gasteiger partial charge is 0.449 e. The first-order valence-electron chi connectivity index (χ1n) is 9.64. The van der Waals surface area contributed by atoms with Crippen molar-refractivity contribution in [1.82, 2.24) is 10.6 Å². The van der Waals surface area contributed by atoms with Crippen molar-refractivity contribution in [2.75, 3.05) is 25.2 Å². The fourth-order valence-electron chi connectivity index (χ4n) is 3.58. The van der Waals surface area contributed by atoms with E-state index in [9.17, 15) is 9.59 Å². The van der Waals surface area contributed by atoms with Gasteiger partial charge in [0, 0.05) is 12.5 Å². The molecular formula is C23H26N2O3S. The summed E-state index contributed by atoms with van der Waals surface area (Å²) in [6.45, 7) is 4.18. The Bertz CT molecular complexity index is 838. The van der Waals surface area contributed by atoms with Gasteiger partial charge in [0.15, 0.2) is 0 Å². The molecule has 0 spiro atoms. The predicted octanol–water partition coefficient (Wildman–Crippen LogP) is 3.95. The van der Waals surface area contributed by atoms with E-state index in [4.69, 9.17) is 4.74 Å². The number of amides is 2. The number of hydrogen-bond acceptors (Lipinski definition) is 4. The van der Waals surface area contributed by atoms with Gasteiger partial charge in [-0.05, 0) is 40.7 Å². The van der Waals surface area contributed by atoms with E-state index in [1.54, 1.807) is 17.8 Å². The molecule has 2 amide bonds. The number of benzene rings is 2. The number of fused-ring (bicyclic) bond motifs is 3. The lowest BCUT2D eigenvalue weighted by Crippen LogP contribution is -2.47. The van der Waals surface area contributed by atoms with E-state index in [0.717, 1.165) is 16.9 Å². The fraction of sp³-hybridized carbons (Fsp3) is 0.304. The average molecular weight is 411 g/mol. The molecule has 1 atom stereocenters. The highest BCUT2D eigenvalue weighted by Gasteiger charge is 2.29. The number of ether oxygens (including phenoxy) is 1. The summed E-state index contributed by atoms with van der Waals surface area (Å²) in [6, 6.07) is 15.7. The van der Waals surface area contributed by atoms with Crippen molar-refractivity contribution in [2.24, 2.45) is 0 Å².